The summed E-state index contributed by atoms with van der Waals surface area (Å²) in [6.45, 7) is 1.59. The Hall–Kier alpha value is -1.34. The molecule has 0 saturated heterocycles. The Kier molecular flexibility index (Phi) is 4.16. The second-order valence-corrected chi connectivity index (χ2v) is 5.08. The molecule has 0 atom stereocenters. The molecule has 2 aromatic rings. The molecule has 0 radical (unpaired) electrons. The van der Waals surface area contributed by atoms with E-state index >= 15 is 0 Å². The molecule has 0 spiro atoms. The molecule has 1 heterocycles. The number of rotatable bonds is 4. The first kappa shape index (κ1) is 12.1. The van der Waals surface area contributed by atoms with Crippen LogP contribution in [0.4, 0.5) is 0 Å². The summed E-state index contributed by atoms with van der Waals surface area (Å²) >= 11 is 7.42. The molecule has 17 heavy (non-hydrogen) atoms. The topological polar surface area (TPSA) is 35.8 Å². The summed E-state index contributed by atoms with van der Waals surface area (Å²) in [5, 5.41) is 14.7. The number of thiophene rings is 1. The number of nitrogens with zero attached hydrogens (tertiary/aromatic N) is 1. The quantitative estimate of drug-likeness (QED) is 0.915. The van der Waals surface area contributed by atoms with Crippen LogP contribution in [-0.4, -0.2) is 0 Å². The number of benzene rings is 1. The van der Waals surface area contributed by atoms with Crippen LogP contribution >= 0.6 is 22.9 Å². The minimum Gasteiger partial charge on any atom is -0.308 e. The molecular formula is C13H11ClN2S. The van der Waals surface area contributed by atoms with Crippen LogP contribution in [0, 0.1) is 11.3 Å². The van der Waals surface area contributed by atoms with E-state index in [0.717, 1.165) is 23.7 Å². The third kappa shape index (κ3) is 3.57. The smallest absolute Gasteiger partial charge is 0.100 e. The van der Waals surface area contributed by atoms with E-state index in [1.54, 1.807) is 11.3 Å². The molecule has 0 saturated carbocycles. The molecule has 0 amide bonds. The monoisotopic (exact) mass is 262 g/mol. The zero-order valence-corrected chi connectivity index (χ0v) is 10.7. The Morgan fingerprint density at radius 1 is 1.24 bits per heavy atom. The molecule has 1 aromatic carbocycles. The maximum absolute atomic E-state index is 8.70. The Morgan fingerprint density at radius 3 is 2.65 bits per heavy atom. The molecule has 0 aliphatic carbocycles. The molecule has 2 nitrogen and oxygen atoms in total. The number of hydrogen-bond acceptors (Lipinski definition) is 3. The van der Waals surface area contributed by atoms with Crippen molar-refractivity contribution in [2.75, 3.05) is 0 Å². The van der Waals surface area contributed by atoms with Crippen molar-refractivity contribution in [3.8, 4) is 6.07 Å². The van der Waals surface area contributed by atoms with Crippen molar-refractivity contribution >= 4 is 22.9 Å². The second-order valence-electron chi connectivity index (χ2n) is 3.64. The summed E-state index contributed by atoms with van der Waals surface area (Å²) in [5.41, 5.74) is 1.93. The van der Waals surface area contributed by atoms with Crippen LogP contribution in [0.3, 0.4) is 0 Å². The van der Waals surface area contributed by atoms with Crippen LogP contribution in [0.25, 0.3) is 0 Å². The number of halogens is 1. The molecule has 86 valence electrons. The lowest BCUT2D eigenvalue weighted by Gasteiger charge is -2.03. The van der Waals surface area contributed by atoms with Crippen LogP contribution in [0.2, 0.25) is 5.02 Å². The number of nitrogens with one attached hydrogen (secondary N) is 1. The van der Waals surface area contributed by atoms with Crippen molar-refractivity contribution in [1.82, 2.24) is 5.32 Å². The van der Waals surface area contributed by atoms with Gasteiger partial charge in [-0.25, -0.2) is 0 Å². The fourth-order valence-electron chi connectivity index (χ4n) is 1.46. The maximum atomic E-state index is 8.70. The first-order valence-electron chi connectivity index (χ1n) is 5.20. The van der Waals surface area contributed by atoms with Crippen molar-refractivity contribution in [3.63, 3.8) is 0 Å². The first-order chi connectivity index (χ1) is 8.28. The molecular weight excluding hydrogens is 252 g/mol. The van der Waals surface area contributed by atoms with E-state index in [9.17, 15) is 0 Å². The standard InChI is InChI=1S/C13H11ClN2S/c14-12-3-1-10(2-4-12)7-16-8-13-5-11(6-15)9-17-13/h1-5,9,16H,7-8H2. The van der Waals surface area contributed by atoms with Crippen molar-refractivity contribution in [2.45, 2.75) is 13.1 Å². The Labute approximate surface area is 109 Å². The van der Waals surface area contributed by atoms with E-state index in [2.05, 4.69) is 11.4 Å². The minimum atomic E-state index is 0.735. The molecule has 0 aliphatic heterocycles. The maximum Gasteiger partial charge on any atom is 0.100 e. The zero-order valence-electron chi connectivity index (χ0n) is 9.11. The van der Waals surface area contributed by atoms with Crippen molar-refractivity contribution in [2.24, 2.45) is 0 Å². The molecule has 2 rings (SSSR count). The van der Waals surface area contributed by atoms with Gasteiger partial charge in [-0.05, 0) is 23.8 Å². The lowest BCUT2D eigenvalue weighted by atomic mass is 10.2. The predicted molar refractivity (Wildman–Crippen MR) is 71.0 cm³/mol. The fraction of sp³-hybridized carbons (Fsp3) is 0.154. The van der Waals surface area contributed by atoms with Gasteiger partial charge in [0.15, 0.2) is 0 Å². The summed E-state index contributed by atoms with van der Waals surface area (Å²) in [5.74, 6) is 0. The van der Waals surface area contributed by atoms with Gasteiger partial charge < -0.3 is 5.32 Å². The summed E-state index contributed by atoms with van der Waals surface area (Å²) in [6, 6.07) is 11.8. The van der Waals surface area contributed by atoms with E-state index in [4.69, 9.17) is 16.9 Å². The second kappa shape index (κ2) is 5.83. The predicted octanol–water partition coefficient (Wildman–Crippen LogP) is 3.56. The van der Waals surface area contributed by atoms with Crippen LogP contribution in [0.5, 0.6) is 0 Å². The van der Waals surface area contributed by atoms with Gasteiger partial charge in [0.1, 0.15) is 6.07 Å². The summed E-state index contributed by atoms with van der Waals surface area (Å²) in [6.07, 6.45) is 0. The lowest BCUT2D eigenvalue weighted by Crippen LogP contribution is -2.11. The van der Waals surface area contributed by atoms with E-state index in [-0.39, 0.29) is 0 Å². The van der Waals surface area contributed by atoms with Gasteiger partial charge in [0.2, 0.25) is 0 Å². The Balaban J connectivity index is 1.83. The lowest BCUT2D eigenvalue weighted by molar-refractivity contribution is 0.701. The van der Waals surface area contributed by atoms with Gasteiger partial charge in [0.05, 0.1) is 5.56 Å². The SMILES string of the molecule is N#Cc1csc(CNCc2ccc(Cl)cc2)c1. The summed E-state index contributed by atoms with van der Waals surface area (Å²) in [4.78, 5) is 1.18. The van der Waals surface area contributed by atoms with Gasteiger partial charge in [-0.1, -0.05) is 23.7 Å². The average Bonchev–Trinajstić information content (AvgIpc) is 2.80. The molecule has 0 fully saturated rings. The van der Waals surface area contributed by atoms with E-state index in [1.807, 2.05) is 35.7 Å². The van der Waals surface area contributed by atoms with E-state index in [1.165, 1.54) is 10.4 Å². The van der Waals surface area contributed by atoms with Gasteiger partial charge in [-0.15, -0.1) is 11.3 Å². The van der Waals surface area contributed by atoms with Gasteiger partial charge in [-0.2, -0.15) is 5.26 Å². The molecule has 0 bridgehead atoms. The van der Waals surface area contributed by atoms with Gasteiger partial charge in [0, 0.05) is 28.4 Å². The molecule has 1 N–H and O–H groups in total. The average molecular weight is 263 g/mol. The highest BCUT2D eigenvalue weighted by molar-refractivity contribution is 7.10. The van der Waals surface area contributed by atoms with E-state index < -0.39 is 0 Å². The van der Waals surface area contributed by atoms with Crippen LogP contribution in [0.15, 0.2) is 35.7 Å². The highest BCUT2D eigenvalue weighted by Gasteiger charge is 1.99. The first-order valence-corrected chi connectivity index (χ1v) is 6.46. The van der Waals surface area contributed by atoms with Gasteiger partial charge in [-0.3, -0.25) is 0 Å². The molecule has 4 heteroatoms. The van der Waals surface area contributed by atoms with Crippen LogP contribution in [-0.2, 0) is 13.1 Å². The molecule has 0 aliphatic rings. The fourth-order valence-corrected chi connectivity index (χ4v) is 2.37. The largest absolute Gasteiger partial charge is 0.308 e. The minimum absolute atomic E-state index is 0.735. The third-order valence-electron chi connectivity index (χ3n) is 2.32. The number of nitriles is 1. The Morgan fingerprint density at radius 2 is 2.00 bits per heavy atom. The van der Waals surface area contributed by atoms with Crippen molar-refractivity contribution < 1.29 is 0 Å². The molecule has 0 unspecified atom stereocenters. The van der Waals surface area contributed by atoms with Crippen LogP contribution in [0.1, 0.15) is 16.0 Å². The van der Waals surface area contributed by atoms with Crippen LogP contribution < -0.4 is 5.32 Å². The highest BCUT2D eigenvalue weighted by atomic mass is 35.5. The zero-order chi connectivity index (χ0) is 12.1. The summed E-state index contributed by atoms with van der Waals surface area (Å²) < 4.78 is 0. The highest BCUT2D eigenvalue weighted by Crippen LogP contribution is 2.14. The molecule has 1 aromatic heterocycles. The van der Waals surface area contributed by atoms with Gasteiger partial charge >= 0.3 is 0 Å². The normalized spacial score (nSPS) is 10.1. The summed E-state index contributed by atoms with van der Waals surface area (Å²) in [7, 11) is 0. The Bertz CT molecular complexity index is 525. The number of hydrogen-bond donors (Lipinski definition) is 1. The van der Waals surface area contributed by atoms with Crippen molar-refractivity contribution in [3.05, 3.63) is 56.7 Å². The van der Waals surface area contributed by atoms with Crippen molar-refractivity contribution in [1.29, 1.82) is 5.26 Å². The third-order valence-corrected chi connectivity index (χ3v) is 3.51. The van der Waals surface area contributed by atoms with E-state index in [0.29, 0.717) is 0 Å². The van der Waals surface area contributed by atoms with Gasteiger partial charge in [0.25, 0.3) is 0 Å².